The van der Waals surface area contributed by atoms with Gasteiger partial charge in [-0.15, -0.1) is 0 Å². The molecule has 0 radical (unpaired) electrons. The normalized spacial score (nSPS) is 11.4. The van der Waals surface area contributed by atoms with Crippen molar-refractivity contribution < 1.29 is 10.2 Å². The summed E-state index contributed by atoms with van der Waals surface area (Å²) < 4.78 is 0. The predicted molar refractivity (Wildman–Crippen MR) is 81.8 cm³/mol. The lowest BCUT2D eigenvalue weighted by atomic mass is 10.3. The minimum atomic E-state index is 0.173. The van der Waals surface area contributed by atoms with Crippen LogP contribution in [-0.4, -0.2) is 22.6 Å². The quantitative estimate of drug-likeness (QED) is 0.636. The Morgan fingerprint density at radius 3 is 1.50 bits per heavy atom. The van der Waals surface area contributed by atoms with E-state index in [4.69, 9.17) is 0 Å². The summed E-state index contributed by atoms with van der Waals surface area (Å²) in [7, 11) is 0. The van der Waals surface area contributed by atoms with E-state index in [1.54, 1.807) is 48.8 Å². The Kier molecular flexibility index (Phi) is 4.89. The third-order valence-corrected chi connectivity index (χ3v) is 2.65. The van der Waals surface area contributed by atoms with Crippen LogP contribution in [0.3, 0.4) is 0 Å². The second-order valence-corrected chi connectivity index (χ2v) is 4.18. The number of benzene rings is 2. The van der Waals surface area contributed by atoms with Gasteiger partial charge in [-0.1, -0.05) is 24.3 Å². The van der Waals surface area contributed by atoms with Gasteiger partial charge in [-0.3, -0.25) is 9.98 Å². The van der Waals surface area contributed by atoms with Gasteiger partial charge in [0.1, 0.15) is 22.9 Å². The lowest BCUT2D eigenvalue weighted by Gasteiger charge is -1.97. The molecule has 0 amide bonds. The molecule has 0 fully saturated rings. The van der Waals surface area contributed by atoms with Crippen molar-refractivity contribution in [2.75, 3.05) is 0 Å². The van der Waals surface area contributed by atoms with Crippen LogP contribution in [0.25, 0.3) is 0 Å². The molecule has 0 atom stereocenters. The number of phenols is 2. The van der Waals surface area contributed by atoms with Gasteiger partial charge >= 0.3 is 0 Å². The van der Waals surface area contributed by atoms with Crippen LogP contribution in [0.5, 0.6) is 11.5 Å². The highest BCUT2D eigenvalue weighted by Crippen LogP contribution is 2.25. The van der Waals surface area contributed by atoms with Gasteiger partial charge < -0.3 is 10.2 Å². The Labute approximate surface area is 117 Å². The number of hydrogen-bond donors (Lipinski definition) is 2. The number of rotatable bonds is 5. The monoisotopic (exact) mass is 268 g/mol. The Morgan fingerprint density at radius 1 is 0.700 bits per heavy atom. The number of hydrogen-bond acceptors (Lipinski definition) is 4. The largest absolute Gasteiger partial charge is 0.506 e. The molecule has 0 unspecified atom stereocenters. The maximum atomic E-state index is 9.52. The zero-order chi connectivity index (χ0) is 14.2. The van der Waals surface area contributed by atoms with E-state index in [0.717, 1.165) is 0 Å². The maximum absolute atomic E-state index is 9.52. The molecule has 0 aromatic heterocycles. The van der Waals surface area contributed by atoms with Crippen molar-refractivity contribution in [3.8, 4) is 11.5 Å². The zero-order valence-electron chi connectivity index (χ0n) is 11.0. The van der Waals surface area contributed by atoms with Gasteiger partial charge in [-0.05, 0) is 37.1 Å². The second kappa shape index (κ2) is 7.09. The van der Waals surface area contributed by atoms with Crippen molar-refractivity contribution >= 4 is 23.8 Å². The maximum Gasteiger partial charge on any atom is 0.141 e. The number of nitrogens with zero attached hydrogens (tertiary/aromatic N) is 2. The van der Waals surface area contributed by atoms with Gasteiger partial charge in [0.05, 0.1) is 0 Å². The molecule has 4 heteroatoms. The van der Waals surface area contributed by atoms with E-state index >= 15 is 0 Å². The SMILES string of the molecule is Oc1ccccc1N=CCCC=Nc1ccccc1O. The minimum Gasteiger partial charge on any atom is -0.506 e. The van der Waals surface area contributed by atoms with E-state index in [2.05, 4.69) is 9.98 Å². The summed E-state index contributed by atoms with van der Waals surface area (Å²) in [5.41, 5.74) is 1.12. The molecule has 0 saturated carbocycles. The summed E-state index contributed by atoms with van der Waals surface area (Å²) in [4.78, 5) is 8.36. The third kappa shape index (κ3) is 3.95. The molecule has 4 nitrogen and oxygen atoms in total. The molecular formula is C16H16N2O2. The number of phenolic OH excluding ortho intramolecular Hbond substituents is 2. The molecule has 0 aliphatic carbocycles. The topological polar surface area (TPSA) is 65.2 Å². The van der Waals surface area contributed by atoms with E-state index in [9.17, 15) is 10.2 Å². The summed E-state index contributed by atoms with van der Waals surface area (Å²) in [5.74, 6) is 0.346. The molecule has 0 saturated heterocycles. The number of aromatic hydroxyl groups is 2. The molecule has 2 rings (SSSR count). The third-order valence-electron chi connectivity index (χ3n) is 2.65. The van der Waals surface area contributed by atoms with Crippen molar-refractivity contribution in [1.82, 2.24) is 0 Å². The fraction of sp³-hybridized carbons (Fsp3) is 0.125. The van der Waals surface area contributed by atoms with Crippen LogP contribution in [0.4, 0.5) is 11.4 Å². The average Bonchev–Trinajstić information content (AvgIpc) is 2.46. The molecule has 0 spiro atoms. The fourth-order valence-corrected chi connectivity index (χ4v) is 1.62. The first-order valence-electron chi connectivity index (χ1n) is 6.38. The molecule has 102 valence electrons. The highest BCUT2D eigenvalue weighted by molar-refractivity contribution is 5.72. The lowest BCUT2D eigenvalue weighted by molar-refractivity contribution is 0.476. The van der Waals surface area contributed by atoms with Crippen LogP contribution >= 0.6 is 0 Å². The first-order chi connectivity index (χ1) is 9.77. The van der Waals surface area contributed by atoms with Gasteiger partial charge in [0.2, 0.25) is 0 Å². The number of aliphatic imine (C=N–C) groups is 2. The predicted octanol–water partition coefficient (Wildman–Crippen LogP) is 3.98. The Bertz CT molecular complexity index is 566. The van der Waals surface area contributed by atoms with Crippen molar-refractivity contribution in [1.29, 1.82) is 0 Å². The van der Waals surface area contributed by atoms with Gasteiger partial charge in [0.25, 0.3) is 0 Å². The highest BCUT2D eigenvalue weighted by Gasteiger charge is 1.95. The van der Waals surface area contributed by atoms with E-state index < -0.39 is 0 Å². The molecular weight excluding hydrogens is 252 g/mol. The van der Waals surface area contributed by atoms with Crippen LogP contribution in [-0.2, 0) is 0 Å². The zero-order valence-corrected chi connectivity index (χ0v) is 11.0. The standard InChI is InChI=1S/C16H16N2O2/c19-15-9-3-1-7-13(15)17-11-5-6-12-18-14-8-2-4-10-16(14)20/h1-4,7-12,19-20H,5-6H2. The van der Waals surface area contributed by atoms with Gasteiger partial charge in [0.15, 0.2) is 0 Å². The fourth-order valence-electron chi connectivity index (χ4n) is 1.62. The number of para-hydroxylation sites is 4. The van der Waals surface area contributed by atoms with Gasteiger partial charge in [-0.2, -0.15) is 0 Å². The Morgan fingerprint density at radius 2 is 1.10 bits per heavy atom. The van der Waals surface area contributed by atoms with Gasteiger partial charge in [0, 0.05) is 12.4 Å². The first kappa shape index (κ1) is 13.8. The molecule has 2 aromatic carbocycles. The van der Waals surface area contributed by atoms with Crippen molar-refractivity contribution in [2.24, 2.45) is 9.98 Å². The highest BCUT2D eigenvalue weighted by atomic mass is 16.3. The van der Waals surface area contributed by atoms with Crippen LogP contribution in [0.2, 0.25) is 0 Å². The van der Waals surface area contributed by atoms with Crippen LogP contribution in [0.1, 0.15) is 12.8 Å². The summed E-state index contributed by atoms with van der Waals surface area (Å²) in [6.07, 6.45) is 4.91. The summed E-state index contributed by atoms with van der Waals surface area (Å²) in [5, 5.41) is 19.0. The number of unbranched alkanes of at least 4 members (excludes halogenated alkanes) is 1. The summed E-state index contributed by atoms with van der Waals surface area (Å²) >= 11 is 0. The Balaban J connectivity index is 1.82. The molecule has 0 aliphatic rings. The van der Waals surface area contributed by atoms with Crippen molar-refractivity contribution in [3.63, 3.8) is 0 Å². The summed E-state index contributed by atoms with van der Waals surface area (Å²) in [6, 6.07) is 13.9. The average molecular weight is 268 g/mol. The minimum absolute atomic E-state index is 0.173. The van der Waals surface area contributed by atoms with Gasteiger partial charge in [-0.25, -0.2) is 0 Å². The molecule has 2 N–H and O–H groups in total. The molecule has 20 heavy (non-hydrogen) atoms. The van der Waals surface area contributed by atoms with Crippen LogP contribution in [0, 0.1) is 0 Å². The lowest BCUT2D eigenvalue weighted by Crippen LogP contribution is -1.79. The van der Waals surface area contributed by atoms with Crippen LogP contribution < -0.4 is 0 Å². The van der Waals surface area contributed by atoms with E-state index in [0.29, 0.717) is 24.2 Å². The molecule has 2 aromatic rings. The Hall–Kier alpha value is -2.62. The summed E-state index contributed by atoms with van der Waals surface area (Å²) in [6.45, 7) is 0. The van der Waals surface area contributed by atoms with Crippen molar-refractivity contribution in [2.45, 2.75) is 12.8 Å². The second-order valence-electron chi connectivity index (χ2n) is 4.18. The van der Waals surface area contributed by atoms with Crippen LogP contribution in [0.15, 0.2) is 58.5 Å². The van der Waals surface area contributed by atoms with E-state index in [1.807, 2.05) is 12.1 Å². The van der Waals surface area contributed by atoms with E-state index in [1.165, 1.54) is 0 Å². The first-order valence-corrected chi connectivity index (χ1v) is 6.38. The molecule has 0 aliphatic heterocycles. The smallest absolute Gasteiger partial charge is 0.141 e. The molecule has 0 heterocycles. The van der Waals surface area contributed by atoms with E-state index in [-0.39, 0.29) is 11.5 Å². The molecule has 0 bridgehead atoms. The van der Waals surface area contributed by atoms with Crippen molar-refractivity contribution in [3.05, 3.63) is 48.5 Å².